The highest BCUT2D eigenvalue weighted by Crippen LogP contribution is 2.59. The van der Waals surface area contributed by atoms with Gasteiger partial charge in [0.25, 0.3) is 0 Å². The molecule has 4 rings (SSSR count). The van der Waals surface area contributed by atoms with E-state index < -0.39 is 0 Å². The van der Waals surface area contributed by atoms with Crippen LogP contribution in [0.5, 0.6) is 0 Å². The molecule has 2 atom stereocenters. The number of hydrogen-bond acceptors (Lipinski definition) is 1. The number of nitrogens with zero attached hydrogens (tertiary/aromatic N) is 2. The molecule has 0 spiro atoms. The lowest BCUT2D eigenvalue weighted by molar-refractivity contribution is 0.603. The summed E-state index contributed by atoms with van der Waals surface area (Å²) < 4.78 is 2.27. The zero-order chi connectivity index (χ0) is 9.28. The molecule has 1 aromatic rings. The van der Waals surface area contributed by atoms with Crippen LogP contribution in [0.4, 0.5) is 0 Å². The van der Waals surface area contributed by atoms with Crippen LogP contribution in [0, 0.1) is 5.92 Å². The van der Waals surface area contributed by atoms with Gasteiger partial charge in [-0.25, -0.2) is 0 Å². The van der Waals surface area contributed by atoms with Crippen LogP contribution in [0.25, 0.3) is 0 Å². The Bertz CT molecular complexity index is 401. The van der Waals surface area contributed by atoms with Crippen molar-refractivity contribution in [2.45, 2.75) is 51.0 Å². The molecule has 0 amide bonds. The van der Waals surface area contributed by atoms with Crippen LogP contribution in [0.1, 0.15) is 55.0 Å². The molecule has 2 heteroatoms. The largest absolute Gasteiger partial charge is 0.269 e. The van der Waals surface area contributed by atoms with Crippen molar-refractivity contribution in [1.29, 1.82) is 0 Å². The minimum Gasteiger partial charge on any atom is -0.269 e. The molecule has 14 heavy (non-hydrogen) atoms. The van der Waals surface area contributed by atoms with E-state index in [1.165, 1.54) is 31.4 Å². The van der Waals surface area contributed by atoms with E-state index in [0.29, 0.717) is 0 Å². The van der Waals surface area contributed by atoms with Crippen LogP contribution in [0.2, 0.25) is 0 Å². The van der Waals surface area contributed by atoms with Crippen LogP contribution in [-0.4, -0.2) is 9.78 Å². The molecule has 2 nitrogen and oxygen atoms in total. The maximum Gasteiger partial charge on any atom is 0.0693 e. The highest BCUT2D eigenvalue weighted by molar-refractivity contribution is 5.44. The Morgan fingerprint density at radius 3 is 3.00 bits per heavy atom. The van der Waals surface area contributed by atoms with E-state index in [2.05, 4.69) is 11.6 Å². The summed E-state index contributed by atoms with van der Waals surface area (Å²) in [5.41, 5.74) is 4.78. The van der Waals surface area contributed by atoms with E-state index in [1.807, 2.05) is 0 Å². The number of aryl methyl sites for hydroxylation is 1. The molecule has 2 fully saturated rings. The summed E-state index contributed by atoms with van der Waals surface area (Å²) in [6, 6.07) is 0. The third-order valence-electron chi connectivity index (χ3n) is 4.14. The molecule has 0 aliphatic heterocycles. The fraction of sp³-hybridized carbons (Fsp3) is 0.750. The second kappa shape index (κ2) is 2.23. The van der Waals surface area contributed by atoms with E-state index in [1.54, 1.807) is 11.3 Å². The SMILES string of the molecule is CCn1nc(C2CC2)c2c1CC1CC21. The van der Waals surface area contributed by atoms with Gasteiger partial charge in [-0.3, -0.25) is 4.68 Å². The van der Waals surface area contributed by atoms with Gasteiger partial charge in [-0.1, -0.05) is 0 Å². The van der Waals surface area contributed by atoms with Gasteiger partial charge in [-0.2, -0.15) is 5.10 Å². The van der Waals surface area contributed by atoms with Crippen molar-refractivity contribution < 1.29 is 0 Å². The predicted octanol–water partition coefficient (Wildman–Crippen LogP) is 2.44. The van der Waals surface area contributed by atoms with Crippen molar-refractivity contribution in [1.82, 2.24) is 9.78 Å². The average molecular weight is 188 g/mol. The minimum atomic E-state index is 0.843. The fourth-order valence-electron chi connectivity index (χ4n) is 3.15. The van der Waals surface area contributed by atoms with Crippen molar-refractivity contribution in [2.75, 3.05) is 0 Å². The molecule has 0 N–H and O–H groups in total. The summed E-state index contributed by atoms with van der Waals surface area (Å²) in [7, 11) is 0. The van der Waals surface area contributed by atoms with Crippen molar-refractivity contribution in [3.05, 3.63) is 17.0 Å². The van der Waals surface area contributed by atoms with Crippen LogP contribution >= 0.6 is 0 Å². The number of aromatic nitrogens is 2. The van der Waals surface area contributed by atoms with E-state index in [0.717, 1.165) is 24.3 Å². The van der Waals surface area contributed by atoms with Crippen molar-refractivity contribution in [3.63, 3.8) is 0 Å². The van der Waals surface area contributed by atoms with E-state index in [4.69, 9.17) is 5.10 Å². The first kappa shape index (κ1) is 7.49. The Morgan fingerprint density at radius 1 is 1.43 bits per heavy atom. The van der Waals surface area contributed by atoms with Crippen LogP contribution in [0.3, 0.4) is 0 Å². The first-order chi connectivity index (χ1) is 6.88. The van der Waals surface area contributed by atoms with Gasteiger partial charge in [0.2, 0.25) is 0 Å². The zero-order valence-electron chi connectivity index (χ0n) is 8.66. The molecule has 1 aromatic heterocycles. The summed E-state index contributed by atoms with van der Waals surface area (Å²) in [6.45, 7) is 3.28. The molecule has 1 heterocycles. The normalized spacial score (nSPS) is 32.9. The van der Waals surface area contributed by atoms with E-state index >= 15 is 0 Å². The summed E-state index contributed by atoms with van der Waals surface area (Å²) in [5, 5.41) is 4.81. The van der Waals surface area contributed by atoms with Gasteiger partial charge in [-0.15, -0.1) is 0 Å². The highest BCUT2D eigenvalue weighted by atomic mass is 15.3. The third-order valence-corrected chi connectivity index (χ3v) is 4.14. The summed E-state index contributed by atoms with van der Waals surface area (Å²) in [4.78, 5) is 0. The standard InChI is InChI=1S/C12H16N2/c1-2-14-10-6-8-5-9(8)11(10)12(13-14)7-3-4-7/h7-9H,2-6H2,1H3. The Labute approximate surface area is 84.3 Å². The highest BCUT2D eigenvalue weighted by Gasteiger charge is 2.50. The van der Waals surface area contributed by atoms with Gasteiger partial charge < -0.3 is 0 Å². The zero-order valence-corrected chi connectivity index (χ0v) is 8.66. The Balaban J connectivity index is 1.89. The molecule has 3 aliphatic carbocycles. The maximum atomic E-state index is 4.81. The van der Waals surface area contributed by atoms with E-state index in [9.17, 15) is 0 Å². The van der Waals surface area contributed by atoms with Gasteiger partial charge in [0.1, 0.15) is 0 Å². The quantitative estimate of drug-likeness (QED) is 0.697. The lowest BCUT2D eigenvalue weighted by Crippen LogP contribution is -2.02. The molecular formula is C12H16N2. The van der Waals surface area contributed by atoms with Gasteiger partial charge in [0.05, 0.1) is 5.69 Å². The third kappa shape index (κ3) is 0.800. The minimum absolute atomic E-state index is 0.843. The lowest BCUT2D eigenvalue weighted by atomic mass is 10.1. The first-order valence-electron chi connectivity index (χ1n) is 5.98. The molecule has 0 bridgehead atoms. The molecule has 2 unspecified atom stereocenters. The Morgan fingerprint density at radius 2 is 2.29 bits per heavy atom. The Hall–Kier alpha value is -0.790. The monoisotopic (exact) mass is 188 g/mol. The molecule has 74 valence electrons. The van der Waals surface area contributed by atoms with Gasteiger partial charge >= 0.3 is 0 Å². The number of fused-ring (bicyclic) bond motifs is 3. The van der Waals surface area contributed by atoms with Gasteiger partial charge in [-0.05, 0) is 44.4 Å². The van der Waals surface area contributed by atoms with Crippen molar-refractivity contribution >= 4 is 0 Å². The summed E-state index contributed by atoms with van der Waals surface area (Å²) in [6.07, 6.45) is 5.57. The second-order valence-electron chi connectivity index (χ2n) is 5.14. The molecule has 2 saturated carbocycles. The molecule has 0 aromatic carbocycles. The average Bonchev–Trinajstić information content (AvgIpc) is 3.08. The molecular weight excluding hydrogens is 172 g/mol. The first-order valence-corrected chi connectivity index (χ1v) is 5.98. The van der Waals surface area contributed by atoms with Crippen LogP contribution < -0.4 is 0 Å². The number of rotatable bonds is 2. The molecule has 0 saturated heterocycles. The van der Waals surface area contributed by atoms with Crippen LogP contribution in [0.15, 0.2) is 0 Å². The van der Waals surface area contributed by atoms with Crippen molar-refractivity contribution in [2.24, 2.45) is 5.92 Å². The van der Waals surface area contributed by atoms with Crippen molar-refractivity contribution in [3.8, 4) is 0 Å². The van der Waals surface area contributed by atoms with Crippen LogP contribution in [-0.2, 0) is 13.0 Å². The predicted molar refractivity (Wildman–Crippen MR) is 54.4 cm³/mol. The summed E-state index contributed by atoms with van der Waals surface area (Å²) >= 11 is 0. The Kier molecular flexibility index (Phi) is 1.20. The second-order valence-corrected chi connectivity index (χ2v) is 5.14. The number of hydrogen-bond donors (Lipinski definition) is 0. The fourth-order valence-corrected chi connectivity index (χ4v) is 3.15. The molecule has 0 radical (unpaired) electrons. The van der Waals surface area contributed by atoms with Gasteiger partial charge in [0, 0.05) is 23.7 Å². The van der Waals surface area contributed by atoms with E-state index in [-0.39, 0.29) is 0 Å². The van der Waals surface area contributed by atoms with Gasteiger partial charge in [0.15, 0.2) is 0 Å². The molecule has 3 aliphatic rings. The lowest BCUT2D eigenvalue weighted by Gasteiger charge is -2.00. The maximum absolute atomic E-state index is 4.81. The topological polar surface area (TPSA) is 17.8 Å². The smallest absolute Gasteiger partial charge is 0.0693 e. The summed E-state index contributed by atoms with van der Waals surface area (Å²) in [5.74, 6) is 2.79.